The van der Waals surface area contributed by atoms with E-state index in [9.17, 15) is 47.9 Å². The third kappa shape index (κ3) is 23.1. The highest BCUT2D eigenvalue weighted by atomic mass is 16.2. The van der Waals surface area contributed by atoms with Gasteiger partial charge in [-0.15, -0.1) is 0 Å². The summed E-state index contributed by atoms with van der Waals surface area (Å²) in [6.07, 6.45) is 2.00. The lowest BCUT2D eigenvalue weighted by atomic mass is 9.98. The number of benzene rings is 2. The Morgan fingerprint density at radius 2 is 0.625 bits per heavy atom. The summed E-state index contributed by atoms with van der Waals surface area (Å²) in [5, 5.41) is 28.4. The molecule has 2 aromatic rings. The molecule has 0 aromatic heterocycles. The number of amides is 12. The average Bonchev–Trinajstić information content (AvgIpc) is 1.54. The molecule has 5 rings (SSSR count). The van der Waals surface area contributed by atoms with Gasteiger partial charge in [0.25, 0.3) is 0 Å². The highest BCUT2D eigenvalue weighted by Gasteiger charge is 2.44. The third-order valence-corrected chi connectivity index (χ3v) is 17.8. The van der Waals surface area contributed by atoms with Crippen molar-refractivity contribution in [1.82, 2.24) is 63.0 Å². The lowest BCUT2D eigenvalue weighted by Gasteiger charge is -2.33. The normalized spacial score (nSPS) is 26.8. The molecule has 3 heterocycles. The molecule has 0 spiro atoms. The van der Waals surface area contributed by atoms with Gasteiger partial charge in [0, 0.05) is 25.9 Å². The van der Waals surface area contributed by atoms with Crippen molar-refractivity contribution in [2.45, 2.75) is 233 Å². The number of rotatable bonds is 18. The van der Waals surface area contributed by atoms with Crippen LogP contribution in [0.3, 0.4) is 0 Å². The van der Waals surface area contributed by atoms with Crippen LogP contribution in [-0.2, 0) is 70.4 Å². The fourth-order valence-corrected chi connectivity index (χ4v) is 12.4. The molecule has 3 fully saturated rings. The molecule has 12 atom stereocenters. The van der Waals surface area contributed by atoms with Crippen LogP contribution in [0.5, 0.6) is 0 Å². The smallest absolute Gasteiger partial charge is 0.246 e. The van der Waals surface area contributed by atoms with Crippen molar-refractivity contribution >= 4 is 70.9 Å². The molecule has 26 heteroatoms. The van der Waals surface area contributed by atoms with Crippen molar-refractivity contribution in [2.24, 2.45) is 47.0 Å². The summed E-state index contributed by atoms with van der Waals surface area (Å²) < 4.78 is 0. The van der Waals surface area contributed by atoms with Crippen molar-refractivity contribution in [2.75, 3.05) is 26.2 Å². The molecule has 0 bridgehead atoms. The SMILES string of the molecule is CC(C)C[C@@H]1NC(=O)[C@H](CCCN)NC(=O)[C@H](C(C)C)NC(=O)[C@@H](C(C)C)NC(=O)[C@@H]2CCCN2C(=O)[C@@H](Cc2ccccc2)NC(=O)[C@H](CC(C)C)NC(=O)[C@H](CCCN)NC(=O)[C@H](C(C)C)NC(=O)[C@@H](C(C)C)NC(=O)[C@@H]2CCCN2C(=O)[C@@H](Cc2ccccc2)NC1=O. The van der Waals surface area contributed by atoms with Crippen LogP contribution in [0.1, 0.15) is 158 Å². The number of hydrogen-bond donors (Lipinski definition) is 12. The summed E-state index contributed by atoms with van der Waals surface area (Å²) in [5.74, 6) is -10.9. The van der Waals surface area contributed by atoms with E-state index >= 15 is 9.59 Å². The highest BCUT2D eigenvalue weighted by Crippen LogP contribution is 2.24. The van der Waals surface area contributed by atoms with Gasteiger partial charge in [-0.3, -0.25) is 57.5 Å². The molecular weight excluding hydrogens is 1230 g/mol. The molecule has 2 aromatic carbocycles. The van der Waals surface area contributed by atoms with Gasteiger partial charge >= 0.3 is 0 Å². The summed E-state index contributed by atoms with van der Waals surface area (Å²) in [7, 11) is 0. The monoisotopic (exact) mass is 1340 g/mol. The quantitative estimate of drug-likeness (QED) is 0.101. The maximum absolute atomic E-state index is 15.1. The van der Waals surface area contributed by atoms with Crippen molar-refractivity contribution < 1.29 is 57.5 Å². The van der Waals surface area contributed by atoms with Gasteiger partial charge in [0.15, 0.2) is 0 Å². The molecule has 3 aliphatic heterocycles. The summed E-state index contributed by atoms with van der Waals surface area (Å²) in [5.41, 5.74) is 13.3. The molecule has 3 saturated heterocycles. The zero-order chi connectivity index (χ0) is 71.1. The van der Waals surface area contributed by atoms with Gasteiger partial charge in [0.05, 0.1) is 0 Å². The van der Waals surface area contributed by atoms with Crippen molar-refractivity contribution in [1.29, 1.82) is 0 Å². The van der Waals surface area contributed by atoms with Crippen LogP contribution in [0.25, 0.3) is 0 Å². The van der Waals surface area contributed by atoms with Crippen LogP contribution in [0, 0.1) is 35.5 Å². The van der Waals surface area contributed by atoms with Gasteiger partial charge in [-0.25, -0.2) is 0 Å². The van der Waals surface area contributed by atoms with E-state index in [2.05, 4.69) is 53.2 Å². The molecule has 26 nitrogen and oxygen atoms in total. The van der Waals surface area contributed by atoms with Crippen LogP contribution >= 0.6 is 0 Å². The minimum Gasteiger partial charge on any atom is -0.343 e. The molecule has 0 aliphatic carbocycles. The third-order valence-electron chi connectivity index (χ3n) is 17.8. The zero-order valence-electron chi connectivity index (χ0n) is 58.4. The molecule has 3 aliphatic rings. The zero-order valence-corrected chi connectivity index (χ0v) is 58.4. The number of nitrogens with one attached hydrogen (secondary N) is 10. The number of nitrogens with zero attached hydrogens (tertiary/aromatic N) is 2. The molecular formula is C70H110N14O12. The number of fused-ring (bicyclic) bond motifs is 2. The van der Waals surface area contributed by atoms with E-state index in [1.54, 1.807) is 116 Å². The molecule has 0 radical (unpaired) electrons. The molecule has 14 N–H and O–H groups in total. The number of hydrogen-bond acceptors (Lipinski definition) is 14. The van der Waals surface area contributed by atoms with Gasteiger partial charge in [0.2, 0.25) is 70.9 Å². The molecule has 96 heavy (non-hydrogen) atoms. The second-order valence-corrected chi connectivity index (χ2v) is 28.2. The molecule has 532 valence electrons. The average molecular weight is 1340 g/mol. The van der Waals surface area contributed by atoms with Crippen LogP contribution in [0.4, 0.5) is 0 Å². The fraction of sp³-hybridized carbons (Fsp3) is 0.657. The first-order valence-electron chi connectivity index (χ1n) is 34.6. The first kappa shape index (κ1) is 78.7. The largest absolute Gasteiger partial charge is 0.343 e. The van der Waals surface area contributed by atoms with E-state index in [1.807, 2.05) is 27.7 Å². The second-order valence-electron chi connectivity index (χ2n) is 28.2. The van der Waals surface area contributed by atoms with Crippen LogP contribution < -0.4 is 64.6 Å². The Kier molecular flexibility index (Phi) is 31.2. The lowest BCUT2D eigenvalue weighted by molar-refractivity contribution is -0.143. The molecule has 0 unspecified atom stereocenters. The summed E-state index contributed by atoms with van der Waals surface area (Å²) in [4.78, 5) is 179. The van der Waals surface area contributed by atoms with Crippen molar-refractivity contribution in [3.63, 3.8) is 0 Å². The summed E-state index contributed by atoms with van der Waals surface area (Å²) in [6.45, 7) is 21.6. The first-order valence-corrected chi connectivity index (χ1v) is 34.6. The Hall–Kier alpha value is -8.00. The van der Waals surface area contributed by atoms with Gasteiger partial charge in [-0.05, 0) is 124 Å². The Morgan fingerprint density at radius 1 is 0.354 bits per heavy atom. The second kappa shape index (κ2) is 38.1. The van der Waals surface area contributed by atoms with E-state index in [0.717, 1.165) is 0 Å². The van der Waals surface area contributed by atoms with Crippen LogP contribution in [-0.4, -0.2) is 179 Å². The minimum absolute atomic E-state index is 0.00989. The summed E-state index contributed by atoms with van der Waals surface area (Å²) in [6, 6.07) is 3.15. The Morgan fingerprint density at radius 3 is 0.917 bits per heavy atom. The number of carbonyl (C=O) groups excluding carboxylic acids is 12. The fourth-order valence-electron chi connectivity index (χ4n) is 12.4. The van der Waals surface area contributed by atoms with Gasteiger partial charge in [0.1, 0.15) is 72.5 Å². The maximum Gasteiger partial charge on any atom is 0.246 e. The lowest BCUT2D eigenvalue weighted by Crippen LogP contribution is -2.62. The number of carbonyl (C=O) groups is 12. The van der Waals surface area contributed by atoms with Gasteiger partial charge in [-0.1, -0.05) is 144 Å². The van der Waals surface area contributed by atoms with E-state index in [0.29, 0.717) is 24.0 Å². The van der Waals surface area contributed by atoms with E-state index in [1.165, 1.54) is 9.80 Å². The predicted octanol–water partition coefficient (Wildman–Crippen LogP) is 1.51. The standard InChI is InChI=1S/C70H110N14O12/c1-39(2)35-49-61(87)77-51(37-45-23-15-13-16-24-45)69(95)83-33-21-29-53(83)63(89)79-58(44(11)12)68(94)82-56(42(7)8)66(92)74-48(28-20-32-72)60(86)76-50(36-40(3)4)62(88)78-52(38-46-25-17-14-18-26-46)70(96)84-34-22-30-54(84)64(90)80-57(43(9)10)67(93)81-55(41(5)6)65(91)73-47(27-19-31-71)59(85)75-49/h13-18,23-26,39-44,47-58H,19-22,27-38,71-72H2,1-12H3,(H,73,91)(H,74,92)(H,75,85)(H,76,86)(H,77,87)(H,78,88)(H,79,89)(H,80,90)(H,81,93)(H,82,94)/t47-,48-,49-,50-,51+,52+,53-,54-,55-,56-,57+,58+/m0/s1. The molecule has 12 amide bonds. The Balaban J connectivity index is 1.59. The molecule has 0 saturated carbocycles. The van der Waals surface area contributed by atoms with Crippen molar-refractivity contribution in [3.05, 3.63) is 71.8 Å². The maximum atomic E-state index is 15.1. The predicted molar refractivity (Wildman–Crippen MR) is 364 cm³/mol. The van der Waals surface area contributed by atoms with Crippen LogP contribution in [0.15, 0.2) is 60.7 Å². The Bertz CT molecular complexity index is 2770. The topological polar surface area (TPSA) is 384 Å². The van der Waals surface area contributed by atoms with E-state index in [-0.39, 0.29) is 102 Å². The summed E-state index contributed by atoms with van der Waals surface area (Å²) >= 11 is 0. The first-order chi connectivity index (χ1) is 45.5. The van der Waals surface area contributed by atoms with Crippen molar-refractivity contribution in [3.8, 4) is 0 Å². The van der Waals surface area contributed by atoms with Gasteiger partial charge < -0.3 is 74.4 Å². The minimum atomic E-state index is -1.27. The Labute approximate surface area is 566 Å². The van der Waals surface area contributed by atoms with E-state index in [4.69, 9.17) is 11.5 Å². The number of nitrogens with two attached hydrogens (primary N) is 2. The van der Waals surface area contributed by atoms with Crippen LogP contribution in [0.2, 0.25) is 0 Å². The van der Waals surface area contributed by atoms with Gasteiger partial charge in [-0.2, -0.15) is 0 Å². The van der Waals surface area contributed by atoms with E-state index < -0.39 is 167 Å². The highest BCUT2D eigenvalue weighted by molar-refractivity contribution is 6.00.